The van der Waals surface area contributed by atoms with Gasteiger partial charge in [0.2, 0.25) is 11.8 Å². The van der Waals surface area contributed by atoms with Crippen LogP contribution in [0.3, 0.4) is 0 Å². The highest BCUT2D eigenvalue weighted by molar-refractivity contribution is 5.77. The molecule has 0 saturated carbocycles. The van der Waals surface area contributed by atoms with Crippen molar-refractivity contribution in [3.63, 3.8) is 0 Å². The standard InChI is InChI=1S/C61H108N2O21/c1-4-6-8-10-12-14-16-18-20-22-24-26-28-30-32-34-43(68)42(63-48(71)35-33-31-29-27-25-23-21-19-17-15-13-11-9-7-5-2)40-79-58-53(75)52(74)55(47(39-66)81-58)82-59-54(76)57(51(73)46(38-65)80-59)84-61(60(77)78)36-44(69)49(62-41(3)67)56(83-61)50(72)45(70)37-64/h13,15,17,19,32,34,42-47,49-59,64-66,68-70,72-76H,4-12,14,16,18,20-31,33,35-40H2,1-3H3,(H,62,67)(H,63,71)(H,77,78)/b15-13-,19-17-,34-32+. The number of carboxylic acid groups (broad SMARTS) is 1. The number of hydrogen-bond donors (Lipinski definition) is 14. The van der Waals surface area contributed by atoms with Gasteiger partial charge >= 0.3 is 5.97 Å². The molecular weight excluding hydrogens is 1100 g/mol. The van der Waals surface area contributed by atoms with Gasteiger partial charge < -0.3 is 100 Å². The van der Waals surface area contributed by atoms with Gasteiger partial charge in [0.15, 0.2) is 12.6 Å². The van der Waals surface area contributed by atoms with E-state index in [1.807, 2.05) is 6.08 Å². The molecule has 2 amide bonds. The Morgan fingerprint density at radius 3 is 1.68 bits per heavy atom. The van der Waals surface area contributed by atoms with E-state index in [-0.39, 0.29) is 12.3 Å². The summed E-state index contributed by atoms with van der Waals surface area (Å²) >= 11 is 0. The molecule has 0 spiro atoms. The number of aliphatic hydroxyl groups is 11. The molecule has 0 radical (unpaired) electrons. The van der Waals surface area contributed by atoms with Crippen molar-refractivity contribution >= 4 is 17.8 Å². The molecule has 18 atom stereocenters. The van der Waals surface area contributed by atoms with Gasteiger partial charge in [-0.2, -0.15) is 0 Å². The second kappa shape index (κ2) is 42.8. The lowest BCUT2D eigenvalue weighted by molar-refractivity contribution is -0.386. The van der Waals surface area contributed by atoms with Crippen LogP contribution in [0.2, 0.25) is 0 Å². The van der Waals surface area contributed by atoms with Crippen LogP contribution in [0.1, 0.15) is 194 Å². The van der Waals surface area contributed by atoms with E-state index >= 15 is 0 Å². The van der Waals surface area contributed by atoms with Crippen LogP contribution >= 0.6 is 0 Å². The summed E-state index contributed by atoms with van der Waals surface area (Å²) in [5.41, 5.74) is 0. The molecule has 0 bridgehead atoms. The minimum Gasteiger partial charge on any atom is -0.477 e. The average Bonchev–Trinajstić information content (AvgIpc) is 1.25. The summed E-state index contributed by atoms with van der Waals surface area (Å²) in [6.07, 6.45) is 10.6. The maximum Gasteiger partial charge on any atom is 0.364 e. The summed E-state index contributed by atoms with van der Waals surface area (Å²) in [7, 11) is 0. The molecule has 0 aliphatic carbocycles. The first-order chi connectivity index (χ1) is 40.4. The Morgan fingerprint density at radius 1 is 0.631 bits per heavy atom. The number of carboxylic acids is 1. The van der Waals surface area contributed by atoms with Gasteiger partial charge in [0.25, 0.3) is 5.79 Å². The van der Waals surface area contributed by atoms with Crippen molar-refractivity contribution in [2.75, 3.05) is 26.4 Å². The first-order valence-corrected chi connectivity index (χ1v) is 31.4. The summed E-state index contributed by atoms with van der Waals surface area (Å²) < 4.78 is 34.7. The summed E-state index contributed by atoms with van der Waals surface area (Å²) in [5.74, 6) is -6.16. The average molecular weight is 1210 g/mol. The number of rotatable bonds is 45. The predicted molar refractivity (Wildman–Crippen MR) is 311 cm³/mol. The SMILES string of the molecule is CCCCC/C=C\C=C/CCCCCCCCC(=O)NC(COC1OC(CO)C(OC2OC(CO)C(O)C(OC3(C(=O)O)CC(O)C(NC(C)=O)C(C(O)C(O)CO)O3)C2O)C(O)C1O)C(O)/C=C/CCCCCCCCCCCCCCC. The number of amides is 2. The van der Waals surface area contributed by atoms with Crippen molar-refractivity contribution in [1.29, 1.82) is 0 Å². The van der Waals surface area contributed by atoms with E-state index < -0.39 is 155 Å². The highest BCUT2D eigenvalue weighted by Gasteiger charge is 2.60. The fraction of sp³-hybridized carbons (Fsp3) is 0.852. The van der Waals surface area contributed by atoms with Crippen LogP contribution in [0.5, 0.6) is 0 Å². The summed E-state index contributed by atoms with van der Waals surface area (Å²) in [6, 6.07) is -2.62. The van der Waals surface area contributed by atoms with Crippen LogP contribution in [-0.2, 0) is 42.8 Å². The molecule has 0 aromatic carbocycles. The van der Waals surface area contributed by atoms with Crippen molar-refractivity contribution in [1.82, 2.24) is 10.6 Å². The first kappa shape index (κ1) is 75.2. The summed E-state index contributed by atoms with van der Waals surface area (Å²) in [6.45, 7) is 2.06. The van der Waals surface area contributed by atoms with Crippen molar-refractivity contribution < 1.29 is 104 Å². The minimum atomic E-state index is -3.08. The Hall–Kier alpha value is -3.05. The predicted octanol–water partition coefficient (Wildman–Crippen LogP) is 3.50. The van der Waals surface area contributed by atoms with E-state index in [4.69, 9.17) is 28.4 Å². The molecule has 3 aliphatic heterocycles. The van der Waals surface area contributed by atoms with Crippen molar-refractivity contribution in [2.45, 2.75) is 304 Å². The zero-order chi connectivity index (χ0) is 61.9. The van der Waals surface area contributed by atoms with Gasteiger partial charge in [-0.1, -0.05) is 166 Å². The molecule has 0 aromatic rings. The third kappa shape index (κ3) is 26.3. The van der Waals surface area contributed by atoms with Crippen LogP contribution in [0.4, 0.5) is 0 Å². The molecule has 84 heavy (non-hydrogen) atoms. The normalized spacial score (nSPS) is 30.0. The number of hydrogen-bond acceptors (Lipinski definition) is 20. The third-order valence-electron chi connectivity index (χ3n) is 15.8. The molecule has 3 rings (SSSR count). The molecule has 0 aromatic heterocycles. The van der Waals surface area contributed by atoms with E-state index in [9.17, 15) is 75.7 Å². The molecule has 3 fully saturated rings. The molecule has 3 heterocycles. The molecule has 14 N–H and O–H groups in total. The second-order valence-corrected chi connectivity index (χ2v) is 22.9. The number of allylic oxidation sites excluding steroid dienone is 5. The Morgan fingerprint density at radius 2 is 1.14 bits per heavy atom. The maximum absolute atomic E-state index is 13.4. The smallest absolute Gasteiger partial charge is 0.364 e. The fourth-order valence-electron chi connectivity index (χ4n) is 10.8. The maximum atomic E-state index is 13.4. The first-order valence-electron chi connectivity index (χ1n) is 31.4. The Kier molecular flexibility index (Phi) is 38.3. The lowest BCUT2D eigenvalue weighted by Gasteiger charge is -2.50. The minimum absolute atomic E-state index is 0.186. The van der Waals surface area contributed by atoms with Crippen molar-refractivity contribution in [2.24, 2.45) is 0 Å². The van der Waals surface area contributed by atoms with Crippen LogP contribution in [0.25, 0.3) is 0 Å². The van der Waals surface area contributed by atoms with Crippen molar-refractivity contribution in [3.05, 3.63) is 36.5 Å². The van der Waals surface area contributed by atoms with Gasteiger partial charge in [0.05, 0.1) is 50.7 Å². The quantitative estimate of drug-likeness (QED) is 0.0236. The van der Waals surface area contributed by atoms with Gasteiger partial charge in [0.1, 0.15) is 67.1 Å². The Bertz CT molecular complexity index is 1860. The Balaban J connectivity index is 1.67. The van der Waals surface area contributed by atoms with Crippen LogP contribution in [0, 0.1) is 0 Å². The molecular formula is C61H108N2O21. The van der Waals surface area contributed by atoms with Gasteiger partial charge in [-0.15, -0.1) is 0 Å². The number of carbonyl (C=O) groups excluding carboxylic acids is 2. The zero-order valence-electron chi connectivity index (χ0n) is 50.2. The van der Waals surface area contributed by atoms with E-state index in [1.54, 1.807) is 6.08 Å². The lowest BCUT2D eigenvalue weighted by atomic mass is 9.88. The summed E-state index contributed by atoms with van der Waals surface area (Å²) in [4.78, 5) is 38.4. The zero-order valence-corrected chi connectivity index (χ0v) is 50.2. The number of nitrogens with one attached hydrogen (secondary N) is 2. The van der Waals surface area contributed by atoms with Crippen LogP contribution < -0.4 is 10.6 Å². The second-order valence-electron chi connectivity index (χ2n) is 22.9. The fourth-order valence-corrected chi connectivity index (χ4v) is 10.8. The molecule has 488 valence electrons. The monoisotopic (exact) mass is 1200 g/mol. The third-order valence-corrected chi connectivity index (χ3v) is 15.8. The molecule has 23 heteroatoms. The largest absolute Gasteiger partial charge is 0.477 e. The van der Waals surface area contributed by atoms with Crippen molar-refractivity contribution in [3.8, 4) is 0 Å². The van der Waals surface area contributed by atoms with E-state index in [1.165, 1.54) is 83.5 Å². The Labute approximate surface area is 497 Å². The molecule has 18 unspecified atom stereocenters. The number of ether oxygens (including phenoxy) is 6. The molecule has 3 aliphatic rings. The van der Waals surface area contributed by atoms with E-state index in [0.717, 1.165) is 71.1 Å². The number of aliphatic hydroxyl groups excluding tert-OH is 11. The highest BCUT2D eigenvalue weighted by atomic mass is 16.8. The van der Waals surface area contributed by atoms with Crippen LogP contribution in [0.15, 0.2) is 36.5 Å². The lowest BCUT2D eigenvalue weighted by Crippen LogP contribution is -2.70. The highest BCUT2D eigenvalue weighted by Crippen LogP contribution is 2.38. The topological polar surface area (TPSA) is 373 Å². The van der Waals surface area contributed by atoms with Gasteiger partial charge in [-0.3, -0.25) is 9.59 Å². The van der Waals surface area contributed by atoms with Gasteiger partial charge in [-0.25, -0.2) is 4.79 Å². The number of carbonyl (C=O) groups is 3. The molecule has 3 saturated heterocycles. The molecule has 23 nitrogen and oxygen atoms in total. The van der Waals surface area contributed by atoms with Gasteiger partial charge in [-0.05, 0) is 44.9 Å². The number of unbranched alkanes of at least 4 members (excludes halogenated alkanes) is 22. The number of aliphatic carboxylic acids is 1. The van der Waals surface area contributed by atoms with E-state index in [2.05, 4.69) is 48.8 Å². The van der Waals surface area contributed by atoms with E-state index in [0.29, 0.717) is 12.8 Å². The van der Waals surface area contributed by atoms with Crippen LogP contribution in [-0.4, -0.2) is 215 Å². The van der Waals surface area contributed by atoms with Gasteiger partial charge in [0, 0.05) is 19.8 Å². The summed E-state index contributed by atoms with van der Waals surface area (Å²) in [5, 5.41) is 136.